The summed E-state index contributed by atoms with van der Waals surface area (Å²) in [6.07, 6.45) is 73.2. The maximum atomic E-state index is 12.8. The highest BCUT2D eigenvalue weighted by Gasteiger charge is 2.19. The molecule has 416 valence electrons. The van der Waals surface area contributed by atoms with Gasteiger partial charge in [0.15, 0.2) is 6.10 Å². The minimum atomic E-state index is -0.771. The molecule has 1 unspecified atom stereocenters. The van der Waals surface area contributed by atoms with Crippen LogP contribution < -0.4 is 0 Å². The molecule has 0 amide bonds. The van der Waals surface area contributed by atoms with Crippen molar-refractivity contribution in [3.8, 4) is 0 Å². The normalized spacial score (nSPS) is 12.2. The van der Waals surface area contributed by atoms with Gasteiger partial charge in [0.2, 0.25) is 0 Å². The standard InChI is InChI=1S/C65H120O6/c1-4-7-10-13-16-19-22-23-24-25-26-27-28-29-30-31-32-33-34-35-36-37-38-39-40-41-44-46-49-52-55-58-64(67)70-61-62(71-65(68)59-56-53-50-47-43-21-18-15-12-9-6-3)60-69-63(66)57-54-51-48-45-42-20-17-14-11-8-5-2/h15,18,22-23,25-26,62H,4-14,16-17,19-21,24,27-61H2,1-3H3/b18-15-,23-22-,26-25-. The third kappa shape index (κ3) is 58.4. The summed E-state index contributed by atoms with van der Waals surface area (Å²) in [5.74, 6) is -0.863. The van der Waals surface area contributed by atoms with Crippen molar-refractivity contribution in [3.05, 3.63) is 36.5 Å². The van der Waals surface area contributed by atoms with Crippen molar-refractivity contribution in [2.45, 2.75) is 348 Å². The van der Waals surface area contributed by atoms with Crippen molar-refractivity contribution >= 4 is 17.9 Å². The maximum absolute atomic E-state index is 12.8. The molecule has 71 heavy (non-hydrogen) atoms. The van der Waals surface area contributed by atoms with Gasteiger partial charge < -0.3 is 14.2 Å². The van der Waals surface area contributed by atoms with E-state index in [1.54, 1.807) is 0 Å². The number of carbonyl (C=O) groups is 3. The van der Waals surface area contributed by atoms with Crippen molar-refractivity contribution in [2.75, 3.05) is 13.2 Å². The van der Waals surface area contributed by atoms with Gasteiger partial charge in [-0.2, -0.15) is 0 Å². The minimum Gasteiger partial charge on any atom is -0.462 e. The van der Waals surface area contributed by atoms with E-state index in [1.807, 2.05) is 0 Å². The van der Waals surface area contributed by atoms with Gasteiger partial charge in [0.25, 0.3) is 0 Å². The van der Waals surface area contributed by atoms with E-state index >= 15 is 0 Å². The third-order valence-corrected chi connectivity index (χ3v) is 14.1. The fraction of sp³-hybridized carbons (Fsp3) is 0.862. The lowest BCUT2D eigenvalue weighted by molar-refractivity contribution is -0.167. The number of hydrogen-bond acceptors (Lipinski definition) is 6. The lowest BCUT2D eigenvalue weighted by atomic mass is 10.0. The summed E-state index contributed by atoms with van der Waals surface area (Å²) in [5.41, 5.74) is 0. The van der Waals surface area contributed by atoms with Crippen LogP contribution in [0.4, 0.5) is 0 Å². The first kappa shape index (κ1) is 68.6. The second-order valence-corrected chi connectivity index (χ2v) is 21.3. The summed E-state index contributed by atoms with van der Waals surface area (Å²) in [6.45, 7) is 6.62. The maximum Gasteiger partial charge on any atom is 0.306 e. The Morgan fingerprint density at radius 3 is 0.831 bits per heavy atom. The fourth-order valence-electron chi connectivity index (χ4n) is 9.34. The molecular weight excluding hydrogens is 877 g/mol. The van der Waals surface area contributed by atoms with Gasteiger partial charge in [-0.3, -0.25) is 14.4 Å². The molecular formula is C65H120O6. The van der Waals surface area contributed by atoms with E-state index in [9.17, 15) is 14.4 Å². The average molecular weight is 998 g/mol. The van der Waals surface area contributed by atoms with Crippen LogP contribution in [0, 0.1) is 0 Å². The summed E-state index contributed by atoms with van der Waals surface area (Å²) >= 11 is 0. The van der Waals surface area contributed by atoms with E-state index in [2.05, 4.69) is 57.2 Å². The quantitative estimate of drug-likeness (QED) is 0.0261. The first-order valence-electron chi connectivity index (χ1n) is 31.5. The summed E-state index contributed by atoms with van der Waals surface area (Å²) in [6, 6.07) is 0. The van der Waals surface area contributed by atoms with Crippen LogP contribution in [0.15, 0.2) is 36.5 Å². The van der Waals surface area contributed by atoms with E-state index in [0.29, 0.717) is 19.3 Å². The highest BCUT2D eigenvalue weighted by Crippen LogP contribution is 2.17. The molecule has 0 radical (unpaired) electrons. The molecule has 0 N–H and O–H groups in total. The Kier molecular flexibility index (Phi) is 58.2. The van der Waals surface area contributed by atoms with Crippen molar-refractivity contribution in [1.29, 1.82) is 0 Å². The summed E-state index contributed by atoms with van der Waals surface area (Å²) in [7, 11) is 0. The van der Waals surface area contributed by atoms with Crippen molar-refractivity contribution in [2.24, 2.45) is 0 Å². The molecule has 0 heterocycles. The number of esters is 3. The van der Waals surface area contributed by atoms with E-state index < -0.39 is 6.10 Å². The molecule has 1 atom stereocenters. The van der Waals surface area contributed by atoms with Crippen LogP contribution in [0.1, 0.15) is 342 Å². The molecule has 0 aromatic heterocycles. The highest BCUT2D eigenvalue weighted by molar-refractivity contribution is 5.71. The minimum absolute atomic E-state index is 0.0705. The molecule has 6 nitrogen and oxygen atoms in total. The number of allylic oxidation sites excluding steroid dienone is 6. The lowest BCUT2D eigenvalue weighted by Gasteiger charge is -2.18. The number of ether oxygens (including phenoxy) is 3. The van der Waals surface area contributed by atoms with E-state index in [0.717, 1.165) is 70.6 Å². The molecule has 0 aliphatic carbocycles. The predicted molar refractivity (Wildman–Crippen MR) is 307 cm³/mol. The first-order chi connectivity index (χ1) is 35.0. The third-order valence-electron chi connectivity index (χ3n) is 14.1. The van der Waals surface area contributed by atoms with Crippen molar-refractivity contribution in [1.82, 2.24) is 0 Å². The van der Waals surface area contributed by atoms with Crippen LogP contribution in [-0.4, -0.2) is 37.2 Å². The zero-order valence-corrected chi connectivity index (χ0v) is 47.8. The largest absolute Gasteiger partial charge is 0.462 e. The Balaban J connectivity index is 4.02. The van der Waals surface area contributed by atoms with Crippen LogP contribution in [0.25, 0.3) is 0 Å². The molecule has 0 fully saturated rings. The molecule has 0 aromatic rings. The Morgan fingerprint density at radius 1 is 0.282 bits per heavy atom. The van der Waals surface area contributed by atoms with Crippen molar-refractivity contribution in [3.63, 3.8) is 0 Å². The fourth-order valence-corrected chi connectivity index (χ4v) is 9.34. The van der Waals surface area contributed by atoms with Gasteiger partial charge in [-0.15, -0.1) is 0 Å². The van der Waals surface area contributed by atoms with E-state index in [4.69, 9.17) is 14.2 Å². The van der Waals surface area contributed by atoms with Crippen molar-refractivity contribution < 1.29 is 28.6 Å². The van der Waals surface area contributed by atoms with Crippen LogP contribution in [0.2, 0.25) is 0 Å². The Hall–Kier alpha value is -2.37. The van der Waals surface area contributed by atoms with Gasteiger partial charge in [0, 0.05) is 19.3 Å². The van der Waals surface area contributed by atoms with Crippen LogP contribution >= 0.6 is 0 Å². The van der Waals surface area contributed by atoms with Crippen LogP contribution in [0.3, 0.4) is 0 Å². The molecule has 6 heteroatoms. The number of rotatable bonds is 58. The second-order valence-electron chi connectivity index (χ2n) is 21.3. The monoisotopic (exact) mass is 997 g/mol. The molecule has 0 bridgehead atoms. The lowest BCUT2D eigenvalue weighted by Crippen LogP contribution is -2.30. The van der Waals surface area contributed by atoms with Gasteiger partial charge in [-0.1, -0.05) is 288 Å². The zero-order chi connectivity index (χ0) is 51.4. The first-order valence-corrected chi connectivity index (χ1v) is 31.5. The summed E-state index contributed by atoms with van der Waals surface area (Å²) in [4.78, 5) is 38.1. The number of unbranched alkanes of at least 4 members (excludes halogenated alkanes) is 41. The average Bonchev–Trinajstić information content (AvgIpc) is 3.37. The Labute approximate surface area is 442 Å². The second kappa shape index (κ2) is 60.2. The van der Waals surface area contributed by atoms with Gasteiger partial charge in [0.05, 0.1) is 0 Å². The van der Waals surface area contributed by atoms with E-state index in [-0.39, 0.29) is 31.1 Å². The molecule has 0 aromatic carbocycles. The Morgan fingerprint density at radius 2 is 0.521 bits per heavy atom. The summed E-state index contributed by atoms with van der Waals surface area (Å²) < 4.78 is 16.8. The van der Waals surface area contributed by atoms with Crippen LogP contribution in [-0.2, 0) is 28.6 Å². The molecule has 0 saturated carbocycles. The SMILES string of the molecule is CCCC/C=C\CCCCCCCC(=O)OC(COC(=O)CCCCCCCCCCCCC)COC(=O)CCCCCCCCCCCCCCCCCCCCC/C=C\C/C=C\CCCCCCC. The topological polar surface area (TPSA) is 78.9 Å². The molecule has 0 aliphatic heterocycles. The number of hydrogen-bond donors (Lipinski definition) is 0. The van der Waals surface area contributed by atoms with Gasteiger partial charge in [-0.05, 0) is 70.6 Å². The van der Waals surface area contributed by atoms with Gasteiger partial charge >= 0.3 is 17.9 Å². The smallest absolute Gasteiger partial charge is 0.306 e. The Bertz CT molecular complexity index is 1190. The molecule has 0 aliphatic rings. The zero-order valence-electron chi connectivity index (χ0n) is 47.8. The predicted octanol–water partition coefficient (Wildman–Crippen LogP) is 21.2. The van der Waals surface area contributed by atoms with Gasteiger partial charge in [-0.25, -0.2) is 0 Å². The molecule has 0 rings (SSSR count). The molecule has 0 saturated heterocycles. The summed E-state index contributed by atoms with van der Waals surface area (Å²) in [5, 5.41) is 0. The van der Waals surface area contributed by atoms with Gasteiger partial charge in [0.1, 0.15) is 13.2 Å². The van der Waals surface area contributed by atoms with Crippen LogP contribution in [0.5, 0.6) is 0 Å². The molecule has 0 spiro atoms. The number of carbonyl (C=O) groups excluding carboxylic acids is 3. The van der Waals surface area contributed by atoms with E-state index in [1.165, 1.54) is 231 Å². The highest BCUT2D eigenvalue weighted by atomic mass is 16.6.